The lowest BCUT2D eigenvalue weighted by Crippen LogP contribution is -1.99. The van der Waals surface area contributed by atoms with Crippen molar-refractivity contribution in [3.8, 4) is 0 Å². The average Bonchev–Trinajstić information content (AvgIpc) is 2.27. The van der Waals surface area contributed by atoms with Crippen molar-refractivity contribution in [3.63, 3.8) is 0 Å². The van der Waals surface area contributed by atoms with Gasteiger partial charge in [-0.05, 0) is 24.3 Å². The fourth-order valence-corrected chi connectivity index (χ4v) is 0.742. The molecule has 62 valence electrons. The molecule has 1 aromatic carbocycles. The number of hydrogen-bond donors (Lipinski definition) is 2. The lowest BCUT2D eigenvalue weighted by molar-refractivity contribution is 0.0681. The summed E-state index contributed by atoms with van der Waals surface area (Å²) in [5, 5.41) is 7.44. The SMILES string of the molecule is [2H]OC(=O)c1ccc(C(=O)O[2H])cc1. The normalized spacial score (nSPS) is 11.0. The largest absolute Gasteiger partial charge is 0.478 e. The van der Waals surface area contributed by atoms with Gasteiger partial charge in [0.15, 0.2) is 0 Å². The molecule has 0 aliphatic heterocycles. The van der Waals surface area contributed by atoms with E-state index in [9.17, 15) is 9.59 Å². The highest BCUT2D eigenvalue weighted by Crippen LogP contribution is 2.03. The summed E-state index contributed by atoms with van der Waals surface area (Å²) in [6.07, 6.45) is 0. The van der Waals surface area contributed by atoms with Crippen LogP contribution < -0.4 is 0 Å². The van der Waals surface area contributed by atoms with E-state index in [0.717, 1.165) is 0 Å². The standard InChI is InChI=1S/C8H6O4/c9-7(10)5-1-2-6(4-3-5)8(11)12/h1-4H,(H,9,10)(H,11,12)/i/hD2. The predicted molar refractivity (Wildman–Crippen MR) is 40.4 cm³/mol. The first-order valence-corrected chi connectivity index (χ1v) is 3.14. The Morgan fingerprint density at radius 1 is 1.00 bits per heavy atom. The molecule has 0 unspecified atom stereocenters. The Kier molecular flexibility index (Phi) is 1.46. The minimum atomic E-state index is -0.809. The van der Waals surface area contributed by atoms with Crippen LogP contribution in [0, 0.1) is 0 Å². The first-order chi connectivity index (χ1) is 6.69. The van der Waals surface area contributed by atoms with Gasteiger partial charge in [-0.2, -0.15) is 0 Å². The molecule has 0 radical (unpaired) electrons. The van der Waals surface area contributed by atoms with Crippen LogP contribution in [0.4, 0.5) is 0 Å². The van der Waals surface area contributed by atoms with Crippen LogP contribution in [0.1, 0.15) is 20.7 Å². The summed E-state index contributed by atoms with van der Waals surface area (Å²) in [6, 6.07) is 5.23. The zero-order chi connectivity index (χ0) is 10.6. The van der Waals surface area contributed by atoms with Crippen LogP contribution in [0.25, 0.3) is 2.86 Å². The van der Waals surface area contributed by atoms with E-state index in [1.807, 2.05) is 0 Å². The minimum Gasteiger partial charge on any atom is -0.478 e. The van der Waals surface area contributed by atoms with Gasteiger partial charge in [-0.1, -0.05) is 0 Å². The summed E-state index contributed by atoms with van der Waals surface area (Å²) in [7, 11) is 0. The number of hydrogen-bond acceptors (Lipinski definition) is 4. The van der Waals surface area contributed by atoms with E-state index in [1.165, 1.54) is 24.3 Å². The van der Waals surface area contributed by atoms with Crippen LogP contribution in [0.2, 0.25) is 0 Å². The second-order valence-electron chi connectivity index (χ2n) is 2.15. The highest BCUT2D eigenvalue weighted by molar-refractivity contribution is 5.91. The van der Waals surface area contributed by atoms with E-state index >= 15 is 0 Å². The van der Waals surface area contributed by atoms with Gasteiger partial charge in [0.2, 0.25) is 0 Å². The third-order valence-electron chi connectivity index (χ3n) is 1.36. The minimum absolute atomic E-state index is 0.154. The van der Waals surface area contributed by atoms with E-state index in [0.29, 0.717) is 0 Å². The Balaban J connectivity index is 2.89. The Labute approximate surface area is 71.1 Å². The predicted octanol–water partition coefficient (Wildman–Crippen LogP) is 1.08. The molecule has 2 N–H and O–H groups in total. The maximum Gasteiger partial charge on any atom is 0.335 e. The average molecular weight is 168 g/mol. The van der Waals surface area contributed by atoms with Crippen molar-refractivity contribution in [1.82, 2.24) is 0 Å². The molecule has 0 amide bonds. The number of benzene rings is 1. The maximum absolute atomic E-state index is 10.8. The summed E-state index contributed by atoms with van der Waals surface area (Å²) in [5.41, 5.74) is 0.308. The van der Waals surface area contributed by atoms with E-state index in [-0.39, 0.29) is 11.1 Å². The van der Waals surface area contributed by atoms with Crippen LogP contribution in [-0.4, -0.2) is 22.2 Å². The lowest BCUT2D eigenvalue weighted by atomic mass is 10.1. The smallest absolute Gasteiger partial charge is 0.335 e. The topological polar surface area (TPSA) is 74.6 Å². The highest BCUT2D eigenvalue weighted by Gasteiger charge is 2.04. The first kappa shape index (κ1) is 5.77. The summed E-state index contributed by atoms with van der Waals surface area (Å²) in [4.78, 5) is 21.6. The molecule has 0 aliphatic carbocycles. The fourth-order valence-electron chi connectivity index (χ4n) is 0.742. The number of carboxylic acids is 2. The molecule has 1 rings (SSSR count). The Morgan fingerprint density at radius 2 is 1.33 bits per heavy atom. The third-order valence-corrected chi connectivity index (χ3v) is 1.36. The molecule has 4 nitrogen and oxygen atoms in total. The van der Waals surface area contributed by atoms with Crippen LogP contribution >= 0.6 is 0 Å². The second-order valence-corrected chi connectivity index (χ2v) is 2.15. The zero-order valence-corrected chi connectivity index (χ0v) is 5.94. The number of aromatic carboxylic acids is 2. The molecule has 0 atom stereocenters. The van der Waals surface area contributed by atoms with Gasteiger partial charge in [0.05, 0.1) is 11.1 Å². The van der Waals surface area contributed by atoms with Gasteiger partial charge in [-0.3, -0.25) is 0 Å². The van der Waals surface area contributed by atoms with Gasteiger partial charge in [0, 0.05) is 0 Å². The lowest BCUT2D eigenvalue weighted by Gasteiger charge is -1.94. The van der Waals surface area contributed by atoms with E-state index < -0.39 is 11.9 Å². The Bertz CT molecular complexity index is 312. The summed E-state index contributed by atoms with van der Waals surface area (Å²) < 4.78 is 12.7. The molecule has 0 aromatic heterocycles. The summed E-state index contributed by atoms with van der Waals surface area (Å²) in [6.45, 7) is 0. The van der Waals surface area contributed by atoms with Crippen molar-refractivity contribution in [2.24, 2.45) is 0 Å². The van der Waals surface area contributed by atoms with Gasteiger partial charge in [-0.15, -0.1) is 0 Å². The quantitative estimate of drug-likeness (QED) is 0.692. The first-order valence-electron chi connectivity index (χ1n) is 3.95. The van der Waals surface area contributed by atoms with Crippen LogP contribution in [0.5, 0.6) is 0 Å². The molecule has 0 heterocycles. The summed E-state index contributed by atoms with van der Waals surface area (Å²) in [5.74, 6) is -1.62. The molecule has 12 heavy (non-hydrogen) atoms. The number of rotatable bonds is 2. The van der Waals surface area contributed by atoms with Gasteiger partial charge >= 0.3 is 11.9 Å². The van der Waals surface area contributed by atoms with E-state index in [2.05, 4.69) is 10.2 Å². The highest BCUT2D eigenvalue weighted by atomic mass is 16.4. The molecule has 4 heteroatoms. The second kappa shape index (κ2) is 3.04. The van der Waals surface area contributed by atoms with Crippen molar-refractivity contribution in [3.05, 3.63) is 35.4 Å². The van der Waals surface area contributed by atoms with Crippen molar-refractivity contribution in [1.29, 1.82) is 2.86 Å². The van der Waals surface area contributed by atoms with Gasteiger partial charge in [-0.25, -0.2) is 9.59 Å². The van der Waals surface area contributed by atoms with Gasteiger partial charge in [0.1, 0.15) is 0 Å². The van der Waals surface area contributed by atoms with Crippen molar-refractivity contribution in [2.75, 3.05) is 0 Å². The summed E-state index contributed by atoms with van der Waals surface area (Å²) >= 11 is 0. The van der Waals surface area contributed by atoms with Crippen LogP contribution in [0.3, 0.4) is 0 Å². The van der Waals surface area contributed by atoms with Crippen molar-refractivity contribution in [2.45, 2.75) is 0 Å². The molecule has 0 saturated carbocycles. The van der Waals surface area contributed by atoms with E-state index in [4.69, 9.17) is 2.86 Å². The van der Waals surface area contributed by atoms with Gasteiger partial charge < -0.3 is 10.2 Å². The van der Waals surface area contributed by atoms with Crippen LogP contribution in [-0.2, 0) is 0 Å². The molecule has 0 aliphatic rings. The number of carbonyl (C=O) groups is 2. The fraction of sp³-hybridized carbons (Fsp3) is 0. The maximum atomic E-state index is 10.8. The van der Waals surface area contributed by atoms with Crippen LogP contribution in [0.15, 0.2) is 24.3 Å². The monoisotopic (exact) mass is 168 g/mol. The molecule has 0 bridgehead atoms. The Morgan fingerprint density at radius 3 is 1.58 bits per heavy atom. The van der Waals surface area contributed by atoms with Gasteiger partial charge in [0.25, 0.3) is 2.86 Å². The van der Waals surface area contributed by atoms with Crippen molar-refractivity contribution >= 4 is 11.9 Å². The van der Waals surface area contributed by atoms with E-state index in [1.54, 1.807) is 0 Å². The number of carboxylic acid groups (broad SMARTS) is 2. The Hall–Kier alpha value is -1.84. The van der Waals surface area contributed by atoms with Crippen molar-refractivity contribution < 1.29 is 19.8 Å². The third kappa shape index (κ3) is 1.60. The molecule has 0 saturated heterocycles. The molecule has 0 spiro atoms. The molecule has 1 aromatic rings. The molecular weight excluding hydrogens is 160 g/mol. The molecule has 0 fully saturated rings. The zero-order valence-electron chi connectivity index (χ0n) is 7.94. The molecular formula is C8H6O4.